The number of fused-ring (bicyclic) bond motifs is 1. The molecule has 168 valence electrons. The minimum atomic E-state index is -3.08. The molecule has 1 fully saturated rings. The Hall–Kier alpha value is -2.65. The monoisotopic (exact) mass is 471 g/mol. The van der Waals surface area contributed by atoms with Gasteiger partial charge in [-0.1, -0.05) is 54.2 Å². The third kappa shape index (κ3) is 4.59. The maximum Gasteiger partial charge on any atom is 0.262 e. The molecule has 1 aliphatic heterocycles. The van der Waals surface area contributed by atoms with Crippen molar-refractivity contribution < 1.29 is 13.2 Å². The summed E-state index contributed by atoms with van der Waals surface area (Å²) in [5.41, 5.74) is 1.39. The highest BCUT2D eigenvalue weighted by Crippen LogP contribution is 2.26. The van der Waals surface area contributed by atoms with Crippen LogP contribution in [-0.4, -0.2) is 59.1 Å². The SMILES string of the molecule is C[C@@H](c1ccccc1)n1c(SCC(=O)N(C)[C@H]2CCS(=O)(=O)C2)nc2ccccc2c1=O. The number of aromatic nitrogens is 2. The molecule has 0 bridgehead atoms. The average Bonchev–Trinajstić information content (AvgIpc) is 3.16. The quantitative estimate of drug-likeness (QED) is 0.406. The average molecular weight is 472 g/mol. The third-order valence-electron chi connectivity index (χ3n) is 5.92. The summed E-state index contributed by atoms with van der Waals surface area (Å²) >= 11 is 1.21. The summed E-state index contributed by atoms with van der Waals surface area (Å²) < 4.78 is 25.2. The van der Waals surface area contributed by atoms with E-state index in [4.69, 9.17) is 4.98 Å². The molecule has 0 radical (unpaired) electrons. The van der Waals surface area contributed by atoms with Crippen LogP contribution in [0.15, 0.2) is 64.5 Å². The van der Waals surface area contributed by atoms with Gasteiger partial charge in [0.2, 0.25) is 5.91 Å². The number of thioether (sulfide) groups is 1. The number of para-hydroxylation sites is 1. The van der Waals surface area contributed by atoms with Crippen molar-refractivity contribution in [2.75, 3.05) is 24.3 Å². The van der Waals surface area contributed by atoms with Crippen LogP contribution >= 0.6 is 11.8 Å². The molecule has 3 aromatic rings. The molecule has 32 heavy (non-hydrogen) atoms. The number of hydrogen-bond donors (Lipinski definition) is 0. The summed E-state index contributed by atoms with van der Waals surface area (Å²) in [4.78, 5) is 32.4. The molecule has 9 heteroatoms. The topological polar surface area (TPSA) is 89.3 Å². The number of hydrogen-bond acceptors (Lipinski definition) is 6. The first-order valence-corrected chi connectivity index (χ1v) is 13.2. The van der Waals surface area contributed by atoms with Gasteiger partial charge >= 0.3 is 0 Å². The Morgan fingerprint density at radius 1 is 1.19 bits per heavy atom. The number of nitrogens with zero attached hydrogens (tertiary/aromatic N) is 3. The number of carbonyl (C=O) groups is 1. The van der Waals surface area contributed by atoms with Crippen molar-refractivity contribution in [3.8, 4) is 0 Å². The summed E-state index contributed by atoms with van der Waals surface area (Å²) in [5, 5.41) is 0.991. The number of amides is 1. The van der Waals surface area contributed by atoms with Crippen LogP contribution in [0.1, 0.15) is 24.9 Å². The zero-order valence-corrected chi connectivity index (χ0v) is 19.6. The molecule has 1 aromatic heterocycles. The van der Waals surface area contributed by atoms with Crippen LogP contribution in [0.3, 0.4) is 0 Å². The summed E-state index contributed by atoms with van der Waals surface area (Å²) in [6.07, 6.45) is 0.458. The molecule has 7 nitrogen and oxygen atoms in total. The zero-order valence-electron chi connectivity index (χ0n) is 18.0. The Balaban J connectivity index is 1.64. The molecular formula is C23H25N3O4S2. The molecule has 2 atom stereocenters. The standard InChI is InChI=1S/C23H25N3O4S2/c1-16(17-8-4-3-5-9-17)26-22(28)19-10-6-7-11-20(19)24-23(26)31-14-21(27)25(2)18-12-13-32(29,30)15-18/h3-11,16,18H,12-15H2,1-2H3/t16-,18-/m0/s1. The predicted molar refractivity (Wildman–Crippen MR) is 127 cm³/mol. The second-order valence-corrected chi connectivity index (χ2v) is 11.2. The van der Waals surface area contributed by atoms with Crippen LogP contribution in [0.4, 0.5) is 0 Å². The summed E-state index contributed by atoms with van der Waals surface area (Å²) in [7, 11) is -1.44. The van der Waals surface area contributed by atoms with Gasteiger partial charge in [0, 0.05) is 13.1 Å². The molecular weight excluding hydrogens is 446 g/mol. The fourth-order valence-corrected chi connectivity index (χ4v) is 6.74. The van der Waals surface area contributed by atoms with Crippen molar-refractivity contribution in [1.82, 2.24) is 14.5 Å². The minimum absolute atomic E-state index is 0.00385. The first-order chi connectivity index (χ1) is 15.3. The Morgan fingerprint density at radius 3 is 2.56 bits per heavy atom. The van der Waals surface area contributed by atoms with Crippen LogP contribution in [-0.2, 0) is 14.6 Å². The van der Waals surface area contributed by atoms with E-state index >= 15 is 0 Å². The smallest absolute Gasteiger partial charge is 0.262 e. The van der Waals surface area contributed by atoms with Crippen LogP contribution < -0.4 is 5.56 Å². The van der Waals surface area contributed by atoms with Gasteiger partial charge in [0.25, 0.3) is 5.56 Å². The van der Waals surface area contributed by atoms with Crippen LogP contribution in [0, 0.1) is 0 Å². The third-order valence-corrected chi connectivity index (χ3v) is 8.61. The van der Waals surface area contributed by atoms with Crippen molar-refractivity contribution in [1.29, 1.82) is 0 Å². The lowest BCUT2D eigenvalue weighted by Crippen LogP contribution is -2.39. The van der Waals surface area contributed by atoms with Gasteiger partial charge in [-0.2, -0.15) is 0 Å². The second-order valence-electron chi connectivity index (χ2n) is 8.02. The highest BCUT2D eigenvalue weighted by atomic mass is 32.2. The van der Waals surface area contributed by atoms with Crippen molar-refractivity contribution >= 4 is 38.4 Å². The fourth-order valence-electron chi connectivity index (χ4n) is 3.96. The van der Waals surface area contributed by atoms with Gasteiger partial charge in [-0.3, -0.25) is 14.2 Å². The summed E-state index contributed by atoms with van der Waals surface area (Å²) in [6.45, 7) is 1.94. The van der Waals surface area contributed by atoms with E-state index in [-0.39, 0.29) is 40.8 Å². The van der Waals surface area contributed by atoms with E-state index in [1.54, 1.807) is 23.7 Å². The molecule has 0 N–H and O–H groups in total. The van der Waals surface area contributed by atoms with E-state index in [0.717, 1.165) is 5.56 Å². The van der Waals surface area contributed by atoms with Crippen LogP contribution in [0.2, 0.25) is 0 Å². The largest absolute Gasteiger partial charge is 0.341 e. The fraction of sp³-hybridized carbons (Fsp3) is 0.348. The van der Waals surface area contributed by atoms with Gasteiger partial charge in [0.05, 0.1) is 34.2 Å². The molecule has 0 spiro atoms. The van der Waals surface area contributed by atoms with Crippen molar-refractivity contribution in [2.45, 2.75) is 30.6 Å². The van der Waals surface area contributed by atoms with E-state index in [9.17, 15) is 18.0 Å². The summed E-state index contributed by atoms with van der Waals surface area (Å²) in [6, 6.07) is 16.3. The van der Waals surface area contributed by atoms with Crippen molar-refractivity contribution in [2.24, 2.45) is 0 Å². The molecule has 2 aromatic carbocycles. The molecule has 1 aliphatic rings. The highest BCUT2D eigenvalue weighted by molar-refractivity contribution is 7.99. The van der Waals surface area contributed by atoms with E-state index < -0.39 is 9.84 Å². The van der Waals surface area contributed by atoms with E-state index in [1.165, 1.54) is 16.7 Å². The molecule has 2 heterocycles. The number of rotatable bonds is 6. The Bertz CT molecular complexity index is 1310. The number of sulfone groups is 1. The highest BCUT2D eigenvalue weighted by Gasteiger charge is 2.32. The molecule has 0 saturated carbocycles. The lowest BCUT2D eigenvalue weighted by Gasteiger charge is -2.24. The molecule has 1 amide bonds. The van der Waals surface area contributed by atoms with E-state index in [2.05, 4.69) is 0 Å². The predicted octanol–water partition coefficient (Wildman–Crippen LogP) is 2.74. The second kappa shape index (κ2) is 9.07. The zero-order chi connectivity index (χ0) is 22.9. The lowest BCUT2D eigenvalue weighted by molar-refractivity contribution is -0.128. The van der Waals surface area contributed by atoms with E-state index in [1.807, 2.05) is 49.4 Å². The Morgan fingerprint density at radius 2 is 1.88 bits per heavy atom. The Labute approximate surface area is 191 Å². The maximum absolute atomic E-state index is 13.4. The van der Waals surface area contributed by atoms with Gasteiger partial charge < -0.3 is 4.90 Å². The normalized spacial score (nSPS) is 18.5. The van der Waals surface area contributed by atoms with Crippen molar-refractivity contribution in [3.63, 3.8) is 0 Å². The van der Waals surface area contributed by atoms with Crippen molar-refractivity contribution in [3.05, 3.63) is 70.5 Å². The Kier molecular flexibility index (Phi) is 6.39. The first-order valence-electron chi connectivity index (χ1n) is 10.4. The van der Waals surface area contributed by atoms with Gasteiger partial charge in [-0.25, -0.2) is 13.4 Å². The van der Waals surface area contributed by atoms with Crippen LogP contribution in [0.25, 0.3) is 10.9 Å². The lowest BCUT2D eigenvalue weighted by atomic mass is 10.1. The molecule has 1 saturated heterocycles. The summed E-state index contributed by atoms with van der Waals surface area (Å²) in [5.74, 6) is 0.00450. The molecule has 4 rings (SSSR count). The minimum Gasteiger partial charge on any atom is -0.341 e. The van der Waals surface area contributed by atoms with Gasteiger partial charge in [-0.05, 0) is 31.0 Å². The number of benzene rings is 2. The van der Waals surface area contributed by atoms with E-state index in [0.29, 0.717) is 22.5 Å². The van der Waals surface area contributed by atoms with Gasteiger partial charge in [0.1, 0.15) is 0 Å². The van der Waals surface area contributed by atoms with Gasteiger partial charge in [-0.15, -0.1) is 0 Å². The number of carbonyl (C=O) groups excluding carboxylic acids is 1. The molecule has 0 unspecified atom stereocenters. The molecule has 0 aliphatic carbocycles. The van der Waals surface area contributed by atoms with Gasteiger partial charge in [0.15, 0.2) is 15.0 Å². The maximum atomic E-state index is 13.4. The van der Waals surface area contributed by atoms with Crippen LogP contribution in [0.5, 0.6) is 0 Å². The first kappa shape index (κ1) is 22.5.